The summed E-state index contributed by atoms with van der Waals surface area (Å²) in [5.74, 6) is 0.366. The third kappa shape index (κ3) is 2.10. The van der Waals surface area contributed by atoms with Crippen LogP contribution in [0.5, 0.6) is 0 Å². The number of H-pyrrole nitrogens is 1. The van der Waals surface area contributed by atoms with Crippen LogP contribution in [0.25, 0.3) is 22.4 Å². The van der Waals surface area contributed by atoms with Crippen LogP contribution in [0, 0.1) is 12.7 Å². The Morgan fingerprint density at radius 2 is 2.05 bits per heavy atom. The summed E-state index contributed by atoms with van der Waals surface area (Å²) in [5.41, 5.74) is 9.33. The van der Waals surface area contributed by atoms with Gasteiger partial charge in [0.25, 0.3) is 0 Å². The number of nitrogen functional groups attached to an aromatic ring is 1. The van der Waals surface area contributed by atoms with E-state index in [2.05, 4.69) is 25.9 Å². The quantitative estimate of drug-likeness (QED) is 0.665. The minimum absolute atomic E-state index is 0.243. The number of nitrogens with two attached hydrogens (primary N) is 1. The zero-order valence-electron chi connectivity index (χ0n) is 10.2. The highest BCUT2D eigenvalue weighted by atomic mass is 79.9. The first-order chi connectivity index (χ1) is 9.04. The lowest BCUT2D eigenvalue weighted by molar-refractivity contribution is 0.619. The van der Waals surface area contributed by atoms with Gasteiger partial charge in [-0.2, -0.15) is 0 Å². The Bertz CT molecular complexity index is 780. The van der Waals surface area contributed by atoms with Crippen molar-refractivity contribution in [3.63, 3.8) is 0 Å². The summed E-state index contributed by atoms with van der Waals surface area (Å²) in [4.78, 5) is 7.58. The van der Waals surface area contributed by atoms with Crippen LogP contribution in [0.3, 0.4) is 0 Å². The molecule has 0 bridgehead atoms. The first-order valence-electron chi connectivity index (χ1n) is 5.76. The predicted octanol–water partition coefficient (Wildman–Crippen LogP) is 4.02. The second kappa shape index (κ2) is 4.35. The molecule has 0 atom stereocenters. The van der Waals surface area contributed by atoms with Gasteiger partial charge in [-0.3, -0.25) is 0 Å². The normalized spacial score (nSPS) is 11.1. The van der Waals surface area contributed by atoms with Crippen LogP contribution in [0.1, 0.15) is 5.56 Å². The van der Waals surface area contributed by atoms with E-state index >= 15 is 0 Å². The van der Waals surface area contributed by atoms with Crippen molar-refractivity contribution in [3.05, 3.63) is 46.2 Å². The number of aryl methyl sites for hydroxylation is 1. The van der Waals surface area contributed by atoms with Crippen molar-refractivity contribution in [2.45, 2.75) is 6.92 Å². The summed E-state index contributed by atoms with van der Waals surface area (Å²) < 4.78 is 14.5. The maximum absolute atomic E-state index is 13.6. The van der Waals surface area contributed by atoms with E-state index in [1.54, 1.807) is 19.1 Å². The van der Waals surface area contributed by atoms with Gasteiger partial charge in [-0.25, -0.2) is 9.37 Å². The fourth-order valence-electron chi connectivity index (χ4n) is 1.98. The molecule has 3 rings (SSSR count). The standard InChI is InChI=1S/C14H11BrFN3/c1-7-2-3-8(4-10(7)16)14-18-12-6-9(15)5-11(17)13(12)19-14/h2-6H,17H2,1H3,(H,18,19). The van der Waals surface area contributed by atoms with Crippen LogP contribution in [-0.4, -0.2) is 9.97 Å². The van der Waals surface area contributed by atoms with Gasteiger partial charge in [0.1, 0.15) is 17.2 Å². The first-order valence-corrected chi connectivity index (χ1v) is 6.55. The number of rotatable bonds is 1. The number of nitrogens with zero attached hydrogens (tertiary/aromatic N) is 1. The molecule has 0 radical (unpaired) electrons. The Morgan fingerprint density at radius 1 is 1.26 bits per heavy atom. The lowest BCUT2D eigenvalue weighted by Crippen LogP contribution is -1.87. The van der Waals surface area contributed by atoms with E-state index in [0.717, 1.165) is 9.99 Å². The molecule has 0 amide bonds. The van der Waals surface area contributed by atoms with Crippen LogP contribution in [-0.2, 0) is 0 Å². The number of halogens is 2. The van der Waals surface area contributed by atoms with Gasteiger partial charge in [-0.15, -0.1) is 0 Å². The Kier molecular flexibility index (Phi) is 2.78. The molecule has 0 aliphatic rings. The lowest BCUT2D eigenvalue weighted by atomic mass is 10.1. The second-order valence-electron chi connectivity index (χ2n) is 4.44. The third-order valence-corrected chi connectivity index (χ3v) is 3.48. The molecular formula is C14H11BrFN3. The van der Waals surface area contributed by atoms with Gasteiger partial charge < -0.3 is 10.7 Å². The molecule has 3 N–H and O–H groups in total. The zero-order chi connectivity index (χ0) is 13.6. The van der Waals surface area contributed by atoms with Crippen LogP contribution >= 0.6 is 15.9 Å². The molecule has 96 valence electrons. The molecule has 0 unspecified atom stereocenters. The fraction of sp³-hybridized carbons (Fsp3) is 0.0714. The Labute approximate surface area is 117 Å². The minimum atomic E-state index is -0.243. The molecule has 0 saturated heterocycles. The monoisotopic (exact) mass is 319 g/mol. The number of fused-ring (bicyclic) bond motifs is 1. The van der Waals surface area contributed by atoms with Crippen molar-refractivity contribution in [3.8, 4) is 11.4 Å². The number of hydrogen-bond acceptors (Lipinski definition) is 2. The summed E-state index contributed by atoms with van der Waals surface area (Å²) in [6.07, 6.45) is 0. The molecule has 2 aromatic carbocycles. The molecule has 0 aliphatic carbocycles. The third-order valence-electron chi connectivity index (χ3n) is 3.03. The molecular weight excluding hydrogens is 309 g/mol. The van der Waals surface area contributed by atoms with Gasteiger partial charge in [-0.1, -0.05) is 28.1 Å². The molecule has 1 heterocycles. The van der Waals surface area contributed by atoms with Crippen molar-refractivity contribution in [2.24, 2.45) is 0 Å². The Morgan fingerprint density at radius 3 is 2.79 bits per heavy atom. The van der Waals surface area contributed by atoms with Gasteiger partial charge >= 0.3 is 0 Å². The van der Waals surface area contributed by atoms with Gasteiger partial charge in [0, 0.05) is 10.0 Å². The highest BCUT2D eigenvalue weighted by Gasteiger charge is 2.10. The maximum atomic E-state index is 13.6. The molecule has 5 heteroatoms. The van der Waals surface area contributed by atoms with Gasteiger partial charge in [0.15, 0.2) is 0 Å². The van der Waals surface area contributed by atoms with Crippen LogP contribution in [0.2, 0.25) is 0 Å². The molecule has 1 aromatic heterocycles. The average Bonchev–Trinajstić information content (AvgIpc) is 2.76. The molecule has 3 nitrogen and oxygen atoms in total. The Hall–Kier alpha value is -1.88. The van der Waals surface area contributed by atoms with Crippen LogP contribution in [0.15, 0.2) is 34.8 Å². The van der Waals surface area contributed by atoms with Crippen molar-refractivity contribution >= 4 is 32.7 Å². The van der Waals surface area contributed by atoms with E-state index in [-0.39, 0.29) is 5.82 Å². The van der Waals surface area contributed by atoms with E-state index in [1.807, 2.05) is 12.1 Å². The molecule has 0 saturated carbocycles. The Balaban J connectivity index is 2.20. The maximum Gasteiger partial charge on any atom is 0.138 e. The van der Waals surface area contributed by atoms with E-state index in [9.17, 15) is 4.39 Å². The molecule has 19 heavy (non-hydrogen) atoms. The van der Waals surface area contributed by atoms with Crippen molar-refractivity contribution in [2.75, 3.05) is 5.73 Å². The highest BCUT2D eigenvalue weighted by molar-refractivity contribution is 9.10. The summed E-state index contributed by atoms with van der Waals surface area (Å²) in [5, 5.41) is 0. The average molecular weight is 320 g/mol. The summed E-state index contributed by atoms with van der Waals surface area (Å²) in [6, 6.07) is 8.73. The fourth-order valence-corrected chi connectivity index (χ4v) is 2.46. The molecule has 0 aliphatic heterocycles. The lowest BCUT2D eigenvalue weighted by Gasteiger charge is -1.99. The van der Waals surface area contributed by atoms with E-state index in [4.69, 9.17) is 5.73 Å². The van der Waals surface area contributed by atoms with Crippen molar-refractivity contribution in [1.82, 2.24) is 9.97 Å². The number of hydrogen-bond donors (Lipinski definition) is 2. The summed E-state index contributed by atoms with van der Waals surface area (Å²) in [6.45, 7) is 1.73. The zero-order valence-corrected chi connectivity index (χ0v) is 11.8. The second-order valence-corrected chi connectivity index (χ2v) is 5.36. The molecule has 3 aromatic rings. The number of anilines is 1. The summed E-state index contributed by atoms with van der Waals surface area (Å²) >= 11 is 3.38. The smallest absolute Gasteiger partial charge is 0.138 e. The van der Waals surface area contributed by atoms with Gasteiger partial charge in [0.05, 0.1) is 11.2 Å². The van der Waals surface area contributed by atoms with Crippen molar-refractivity contribution in [1.29, 1.82) is 0 Å². The minimum Gasteiger partial charge on any atom is -0.397 e. The largest absolute Gasteiger partial charge is 0.397 e. The van der Waals surface area contributed by atoms with E-state index < -0.39 is 0 Å². The number of imidazole rings is 1. The first kappa shape index (κ1) is 12.2. The highest BCUT2D eigenvalue weighted by Crippen LogP contribution is 2.28. The SMILES string of the molecule is Cc1ccc(-c2nc3c(N)cc(Br)cc3[nH]2)cc1F. The molecule has 0 spiro atoms. The van der Waals surface area contributed by atoms with Gasteiger partial charge in [-0.05, 0) is 30.7 Å². The van der Waals surface area contributed by atoms with Crippen LogP contribution in [0.4, 0.5) is 10.1 Å². The topological polar surface area (TPSA) is 54.7 Å². The van der Waals surface area contributed by atoms with Crippen LogP contribution < -0.4 is 5.73 Å². The molecule has 0 fully saturated rings. The van der Waals surface area contributed by atoms with Crippen molar-refractivity contribution < 1.29 is 4.39 Å². The van der Waals surface area contributed by atoms with E-state index in [0.29, 0.717) is 28.2 Å². The predicted molar refractivity (Wildman–Crippen MR) is 78.3 cm³/mol. The number of aromatic nitrogens is 2. The van der Waals surface area contributed by atoms with E-state index in [1.165, 1.54) is 6.07 Å². The number of aromatic amines is 1. The van der Waals surface area contributed by atoms with Gasteiger partial charge in [0.2, 0.25) is 0 Å². The number of nitrogens with one attached hydrogen (secondary N) is 1. The summed E-state index contributed by atoms with van der Waals surface area (Å²) in [7, 11) is 0. The number of benzene rings is 2.